The van der Waals surface area contributed by atoms with Gasteiger partial charge >= 0.3 is 29.6 Å². The number of amides is 5. The summed E-state index contributed by atoms with van der Waals surface area (Å²) in [5, 5.41) is 26.1. The van der Waals surface area contributed by atoms with Crippen LogP contribution in [0.2, 0.25) is 5.02 Å². The topological polar surface area (TPSA) is 253 Å². The third-order valence-electron chi connectivity index (χ3n) is 15.5. The number of methoxy groups -OCH3 is 1. The number of ketones is 1. The van der Waals surface area contributed by atoms with Crippen molar-refractivity contribution < 1.29 is 87.2 Å². The van der Waals surface area contributed by atoms with Gasteiger partial charge in [0.15, 0.2) is 12.4 Å². The average Bonchev–Trinajstić information content (AvgIpc) is 1.79. The minimum atomic E-state index is -1.42. The molecule has 1 heterocycles. The van der Waals surface area contributed by atoms with E-state index in [1.165, 1.54) is 56.5 Å². The Morgan fingerprint density at radius 3 is 1.99 bits per heavy atom. The van der Waals surface area contributed by atoms with E-state index in [0.717, 1.165) is 110 Å². The Morgan fingerprint density at radius 2 is 1.30 bits per heavy atom. The monoisotopic (exact) mass is 1200 g/mol. The summed E-state index contributed by atoms with van der Waals surface area (Å²) in [6.07, 6.45) is 14.5. The summed E-state index contributed by atoms with van der Waals surface area (Å²) in [6.45, 7) is 4.23. The minimum Gasteiger partial charge on any atom is -0.545 e. The Bertz CT molecular complexity index is 3390. The van der Waals surface area contributed by atoms with Gasteiger partial charge in [0.1, 0.15) is 42.8 Å². The number of fused-ring (bicyclic) bond motifs is 1. The van der Waals surface area contributed by atoms with E-state index in [0.29, 0.717) is 41.6 Å². The molecule has 20 heteroatoms. The molecule has 6 aromatic rings. The molecule has 2 aliphatic rings. The molecule has 0 saturated heterocycles. The number of aromatic nitrogens is 1. The molecule has 8 rings (SSSR count). The van der Waals surface area contributed by atoms with E-state index in [4.69, 9.17) is 30.5 Å². The number of ether oxygens (including phenoxy) is 4. The first kappa shape index (κ1) is 65.9. The van der Waals surface area contributed by atoms with Gasteiger partial charge in [0, 0.05) is 53.8 Å². The van der Waals surface area contributed by atoms with Crippen molar-refractivity contribution in [3.05, 3.63) is 159 Å². The third-order valence-corrected chi connectivity index (χ3v) is 15.8. The number of aromatic carboxylic acids is 1. The van der Waals surface area contributed by atoms with Gasteiger partial charge in [0.25, 0.3) is 17.7 Å². The van der Waals surface area contributed by atoms with Gasteiger partial charge in [-0.25, -0.2) is 0 Å². The standard InChI is InChI=1S/C66H73ClN6O12.Na/c1-41-42(2)62-47(33-51(63(62)77)44-18-10-11-19-44)34-57(41)84-37-43-17-16-20-45(31-43)46-22-27-56(52(32-46)66(80)81)85-40-60(75)70-30-14-9-7-5-4-6-8-13-29-69-59(74)38-83-39-61(76)71-48-23-25-50(53(67)35-48)64(78)73-54-26-24-49(36-58(54)82-3)72-65(79)55-21-12-15-28-68-55;/h12,15-17,20-28,31-32,34-36,44,51H,4-11,13-14,18-19,29-30,33,37-40H2,1-3H3,(H,69,74)(H,70,75)(H,71,76)(H,72,79)(H,73,78)(H,80,81);/q;+1/p-1. The fraction of sp³-hybridized carbons (Fsp3) is 0.364. The molecular formula is C66H72ClN6NaO12. The number of unbranched alkanes of at least 4 members (excludes halogenated alkanes) is 7. The van der Waals surface area contributed by atoms with Crippen LogP contribution in [-0.4, -0.2) is 86.3 Å². The summed E-state index contributed by atoms with van der Waals surface area (Å²) < 4.78 is 22.8. The number of rotatable bonds is 30. The molecule has 18 nitrogen and oxygen atoms in total. The van der Waals surface area contributed by atoms with Crippen LogP contribution in [-0.2, 0) is 32.1 Å². The van der Waals surface area contributed by atoms with Crippen LogP contribution in [0, 0.1) is 25.7 Å². The smallest absolute Gasteiger partial charge is 0.545 e. The molecule has 1 fully saturated rings. The number of hydrogen-bond donors (Lipinski definition) is 5. The number of pyridine rings is 1. The number of nitrogens with zero attached hydrogens (tertiary/aromatic N) is 1. The predicted octanol–water partition coefficient (Wildman–Crippen LogP) is 7.41. The summed E-state index contributed by atoms with van der Waals surface area (Å²) in [5.41, 5.74) is 7.52. The molecule has 446 valence electrons. The molecule has 1 saturated carbocycles. The minimum absolute atomic E-state index is 0. The zero-order chi connectivity index (χ0) is 60.2. The van der Waals surface area contributed by atoms with Crippen molar-refractivity contribution in [1.29, 1.82) is 0 Å². The van der Waals surface area contributed by atoms with Crippen LogP contribution in [0.4, 0.5) is 17.1 Å². The fourth-order valence-corrected chi connectivity index (χ4v) is 11.1. The van der Waals surface area contributed by atoms with Gasteiger partial charge in [-0.3, -0.25) is 33.8 Å². The molecule has 0 spiro atoms. The maximum atomic E-state index is 13.5. The van der Waals surface area contributed by atoms with Crippen molar-refractivity contribution in [2.24, 2.45) is 11.8 Å². The van der Waals surface area contributed by atoms with Crippen LogP contribution in [0.1, 0.15) is 141 Å². The fourth-order valence-electron chi connectivity index (χ4n) is 10.8. The number of hydrogen-bond acceptors (Lipinski definition) is 13. The van der Waals surface area contributed by atoms with E-state index in [-0.39, 0.29) is 113 Å². The largest absolute Gasteiger partial charge is 1.00 e. The quantitative estimate of drug-likeness (QED) is 0.0218. The van der Waals surface area contributed by atoms with E-state index in [2.05, 4.69) is 31.6 Å². The first-order valence-corrected chi connectivity index (χ1v) is 29.3. The number of nitrogens with one attached hydrogen (secondary N) is 5. The van der Waals surface area contributed by atoms with Crippen LogP contribution in [0.15, 0.2) is 109 Å². The van der Waals surface area contributed by atoms with Crippen molar-refractivity contribution in [3.63, 3.8) is 0 Å². The molecule has 86 heavy (non-hydrogen) atoms. The molecule has 1 atom stereocenters. The first-order chi connectivity index (χ1) is 41.1. The van der Waals surface area contributed by atoms with Crippen molar-refractivity contribution in [1.82, 2.24) is 15.6 Å². The number of Topliss-reactive ketones (excluding diaryl/α,β-unsaturated/α-hetero) is 1. The number of carbonyl (C=O) groups is 7. The zero-order valence-corrected chi connectivity index (χ0v) is 52.0. The van der Waals surface area contributed by atoms with Crippen LogP contribution >= 0.6 is 11.6 Å². The molecule has 2 aliphatic carbocycles. The summed E-state index contributed by atoms with van der Waals surface area (Å²) >= 11 is 6.43. The van der Waals surface area contributed by atoms with Crippen molar-refractivity contribution in [2.75, 3.05) is 56.0 Å². The van der Waals surface area contributed by atoms with E-state index >= 15 is 0 Å². The molecule has 5 N–H and O–H groups in total. The maximum absolute atomic E-state index is 13.5. The molecule has 1 unspecified atom stereocenters. The molecule has 5 amide bonds. The predicted molar refractivity (Wildman–Crippen MR) is 322 cm³/mol. The summed E-state index contributed by atoms with van der Waals surface area (Å²) in [4.78, 5) is 92.9. The molecule has 0 bridgehead atoms. The maximum Gasteiger partial charge on any atom is 1.00 e. The van der Waals surface area contributed by atoms with Gasteiger partial charge in [-0.1, -0.05) is 93.3 Å². The van der Waals surface area contributed by atoms with Crippen molar-refractivity contribution in [2.45, 2.75) is 104 Å². The van der Waals surface area contributed by atoms with Gasteiger partial charge < -0.3 is 55.4 Å². The zero-order valence-electron chi connectivity index (χ0n) is 49.2. The van der Waals surface area contributed by atoms with Crippen molar-refractivity contribution >= 4 is 70.0 Å². The Balaban J connectivity index is 0.0000106. The Kier molecular flexibility index (Phi) is 25.1. The number of benzene rings is 5. The second kappa shape index (κ2) is 32.8. The number of anilines is 3. The summed E-state index contributed by atoms with van der Waals surface area (Å²) in [6, 6.07) is 28.6. The molecule has 1 aromatic heterocycles. The van der Waals surface area contributed by atoms with Gasteiger partial charge in [-0.05, 0) is 152 Å². The average molecular weight is 1200 g/mol. The number of carbonyl (C=O) groups excluding carboxylic acids is 7. The SMILES string of the molecule is COc1cc(NC(=O)c2ccccn2)ccc1NC(=O)c1ccc(NC(=O)COCC(=O)NCCCCCCCCCCNC(=O)COc2ccc(-c3cccc(COc4cc5c(c(C)c4C)C(=O)C(C4CCCC4)C5)c3)cc2C(=O)[O-])cc1Cl.[Na+]. The summed E-state index contributed by atoms with van der Waals surface area (Å²) in [7, 11) is 1.43. The van der Waals surface area contributed by atoms with E-state index in [9.17, 15) is 38.7 Å². The molecule has 0 aliphatic heterocycles. The molecule has 0 radical (unpaired) electrons. The second-order valence-electron chi connectivity index (χ2n) is 21.5. The van der Waals surface area contributed by atoms with Crippen LogP contribution in [0.5, 0.6) is 17.2 Å². The normalized spacial score (nSPS) is 13.4. The summed E-state index contributed by atoms with van der Waals surface area (Å²) in [5.74, 6) is -1.65. The van der Waals surface area contributed by atoms with Crippen molar-refractivity contribution in [3.8, 4) is 28.4 Å². The van der Waals surface area contributed by atoms with Crippen LogP contribution in [0.3, 0.4) is 0 Å². The van der Waals surface area contributed by atoms with Crippen LogP contribution < -0.4 is 75.5 Å². The van der Waals surface area contributed by atoms with Gasteiger partial charge in [0.05, 0.1) is 29.4 Å². The van der Waals surface area contributed by atoms with E-state index < -0.39 is 23.7 Å². The van der Waals surface area contributed by atoms with Crippen LogP contribution in [0.25, 0.3) is 11.1 Å². The Morgan fingerprint density at radius 1 is 0.628 bits per heavy atom. The Hall–Kier alpha value is -7.61. The number of carboxylic acid groups (broad SMARTS) is 1. The van der Waals surface area contributed by atoms with Gasteiger partial charge in [-0.15, -0.1) is 0 Å². The first-order valence-electron chi connectivity index (χ1n) is 29.0. The molecular weight excluding hydrogens is 1130 g/mol. The number of halogens is 1. The third kappa shape index (κ3) is 18.5. The van der Waals surface area contributed by atoms with E-state index in [1.54, 1.807) is 42.5 Å². The van der Waals surface area contributed by atoms with E-state index in [1.807, 2.05) is 44.2 Å². The van der Waals surface area contributed by atoms with Gasteiger partial charge in [-0.2, -0.15) is 0 Å². The second-order valence-corrected chi connectivity index (χ2v) is 21.9. The van der Waals surface area contributed by atoms with Gasteiger partial charge in [0.2, 0.25) is 11.8 Å². The molecule has 5 aromatic carbocycles. The Labute approximate surface area is 528 Å². The number of carboxylic acids is 1.